The van der Waals surface area contributed by atoms with E-state index in [1.165, 1.54) is 31.0 Å². The lowest BCUT2D eigenvalue weighted by atomic mass is 9.94. The van der Waals surface area contributed by atoms with Crippen LogP contribution in [-0.2, 0) is 11.3 Å². The highest BCUT2D eigenvalue weighted by Gasteiger charge is 2.28. The van der Waals surface area contributed by atoms with Gasteiger partial charge in [-0.15, -0.1) is 5.10 Å². The van der Waals surface area contributed by atoms with Crippen molar-refractivity contribution in [1.29, 1.82) is 0 Å². The van der Waals surface area contributed by atoms with Gasteiger partial charge in [0.15, 0.2) is 5.16 Å². The van der Waals surface area contributed by atoms with Crippen LogP contribution in [0.25, 0.3) is 0 Å². The molecule has 6 nitrogen and oxygen atoms in total. The summed E-state index contributed by atoms with van der Waals surface area (Å²) in [6, 6.07) is 0.376. The van der Waals surface area contributed by atoms with E-state index in [1.54, 1.807) is 4.57 Å². The molecule has 0 radical (unpaired) electrons. The van der Waals surface area contributed by atoms with E-state index in [0.717, 1.165) is 25.8 Å². The fraction of sp³-hybridized carbons (Fsp3) is 0.812. The molecule has 7 heteroatoms. The van der Waals surface area contributed by atoms with Crippen LogP contribution in [0.1, 0.15) is 59.3 Å². The van der Waals surface area contributed by atoms with E-state index < -0.39 is 0 Å². The Hall–Kier alpha value is -1.24. The van der Waals surface area contributed by atoms with Crippen LogP contribution in [0.5, 0.6) is 0 Å². The maximum atomic E-state index is 12.8. The van der Waals surface area contributed by atoms with E-state index in [2.05, 4.69) is 10.2 Å². The van der Waals surface area contributed by atoms with Gasteiger partial charge in [0.2, 0.25) is 5.91 Å². The number of hydrogen-bond acceptors (Lipinski definition) is 4. The van der Waals surface area contributed by atoms with Gasteiger partial charge in [-0.2, -0.15) is 0 Å². The SMILES string of the molecule is CCCn1c(SC(C)C(=O)N(CC)C2CCCCC2)n[nH]c1=O. The Bertz CT molecular complexity index is 563. The van der Waals surface area contributed by atoms with Crippen LogP contribution in [-0.4, -0.2) is 43.4 Å². The maximum absolute atomic E-state index is 12.8. The van der Waals surface area contributed by atoms with Crippen LogP contribution in [0.15, 0.2) is 9.95 Å². The number of aromatic amines is 1. The molecule has 1 amide bonds. The fourth-order valence-corrected chi connectivity index (χ4v) is 4.19. The standard InChI is InChI=1S/C16H28N4O2S/c1-4-11-20-15(22)17-18-16(20)23-12(3)14(21)19(5-2)13-9-7-6-8-10-13/h12-13H,4-11H2,1-3H3,(H,17,22). The van der Waals surface area contributed by atoms with Crippen molar-refractivity contribution in [2.24, 2.45) is 0 Å². The molecule has 0 spiro atoms. The Kier molecular flexibility index (Phi) is 6.74. The summed E-state index contributed by atoms with van der Waals surface area (Å²) in [4.78, 5) is 26.6. The smallest absolute Gasteiger partial charge is 0.339 e. The van der Waals surface area contributed by atoms with Gasteiger partial charge in [-0.1, -0.05) is 37.9 Å². The predicted octanol–water partition coefficient (Wildman–Crippen LogP) is 2.64. The molecule has 1 aromatic rings. The lowest BCUT2D eigenvalue weighted by molar-refractivity contribution is -0.133. The zero-order valence-electron chi connectivity index (χ0n) is 14.4. The highest BCUT2D eigenvalue weighted by molar-refractivity contribution is 8.00. The predicted molar refractivity (Wildman–Crippen MR) is 92.7 cm³/mol. The van der Waals surface area contributed by atoms with E-state index >= 15 is 0 Å². The molecular weight excluding hydrogens is 312 g/mol. The molecule has 0 bridgehead atoms. The number of carbonyl (C=O) groups is 1. The van der Waals surface area contributed by atoms with Crippen molar-refractivity contribution in [2.75, 3.05) is 6.54 Å². The maximum Gasteiger partial charge on any atom is 0.343 e. The summed E-state index contributed by atoms with van der Waals surface area (Å²) in [5.74, 6) is 0.155. The molecular formula is C16H28N4O2S. The first-order chi connectivity index (χ1) is 11.1. The van der Waals surface area contributed by atoms with Crippen molar-refractivity contribution in [3.8, 4) is 0 Å². The molecule has 0 aliphatic heterocycles. The molecule has 1 N–H and O–H groups in total. The minimum Gasteiger partial charge on any atom is -0.339 e. The Morgan fingerprint density at radius 2 is 2.09 bits per heavy atom. The van der Waals surface area contributed by atoms with Gasteiger partial charge >= 0.3 is 5.69 Å². The van der Waals surface area contributed by atoms with E-state index in [9.17, 15) is 9.59 Å². The Morgan fingerprint density at radius 3 is 2.70 bits per heavy atom. The zero-order valence-corrected chi connectivity index (χ0v) is 15.2. The number of hydrogen-bond donors (Lipinski definition) is 1. The van der Waals surface area contributed by atoms with Gasteiger partial charge in [0.1, 0.15) is 0 Å². The van der Waals surface area contributed by atoms with Crippen molar-refractivity contribution >= 4 is 17.7 Å². The summed E-state index contributed by atoms with van der Waals surface area (Å²) in [6.07, 6.45) is 6.79. The highest BCUT2D eigenvalue weighted by atomic mass is 32.2. The quantitative estimate of drug-likeness (QED) is 0.775. The molecule has 1 fully saturated rings. The van der Waals surface area contributed by atoms with Crippen LogP contribution in [0.3, 0.4) is 0 Å². The topological polar surface area (TPSA) is 71.0 Å². The second kappa shape index (κ2) is 8.57. The second-order valence-electron chi connectivity index (χ2n) is 6.14. The van der Waals surface area contributed by atoms with Gasteiger partial charge in [0, 0.05) is 19.1 Å². The molecule has 2 rings (SSSR count). The summed E-state index contributed by atoms with van der Waals surface area (Å²) in [7, 11) is 0. The summed E-state index contributed by atoms with van der Waals surface area (Å²) < 4.78 is 1.62. The van der Waals surface area contributed by atoms with E-state index in [4.69, 9.17) is 0 Å². The van der Waals surface area contributed by atoms with Crippen molar-refractivity contribution in [2.45, 2.75) is 82.3 Å². The summed E-state index contributed by atoms with van der Waals surface area (Å²) in [5, 5.41) is 6.93. The van der Waals surface area contributed by atoms with E-state index in [0.29, 0.717) is 17.7 Å². The molecule has 130 valence electrons. The van der Waals surface area contributed by atoms with Gasteiger partial charge < -0.3 is 4.90 Å². The van der Waals surface area contributed by atoms with Crippen LogP contribution in [0.2, 0.25) is 0 Å². The number of nitrogens with zero attached hydrogens (tertiary/aromatic N) is 3. The minimum atomic E-state index is -0.234. The lowest BCUT2D eigenvalue weighted by Crippen LogP contribution is -2.44. The normalized spacial score (nSPS) is 17.2. The molecule has 1 aliphatic rings. The second-order valence-corrected chi connectivity index (χ2v) is 7.45. The zero-order chi connectivity index (χ0) is 16.8. The first-order valence-corrected chi connectivity index (χ1v) is 9.58. The first-order valence-electron chi connectivity index (χ1n) is 8.70. The molecule has 1 saturated carbocycles. The number of H-pyrrole nitrogens is 1. The van der Waals surface area contributed by atoms with Crippen molar-refractivity contribution in [3.05, 3.63) is 10.5 Å². The Balaban J connectivity index is 2.05. The summed E-state index contributed by atoms with van der Waals surface area (Å²) >= 11 is 1.38. The highest BCUT2D eigenvalue weighted by Crippen LogP contribution is 2.27. The third kappa shape index (κ3) is 4.40. The number of amides is 1. The third-order valence-corrected chi connectivity index (χ3v) is 5.52. The molecule has 1 aromatic heterocycles. The average molecular weight is 340 g/mol. The van der Waals surface area contributed by atoms with Crippen LogP contribution in [0.4, 0.5) is 0 Å². The van der Waals surface area contributed by atoms with Gasteiger partial charge in [0.05, 0.1) is 5.25 Å². The molecule has 23 heavy (non-hydrogen) atoms. The minimum absolute atomic E-state index is 0.155. The van der Waals surface area contributed by atoms with Crippen LogP contribution >= 0.6 is 11.8 Å². The molecule has 0 saturated heterocycles. The number of thioether (sulfide) groups is 1. The molecule has 1 heterocycles. The van der Waals surface area contributed by atoms with Gasteiger partial charge in [-0.05, 0) is 33.1 Å². The largest absolute Gasteiger partial charge is 0.343 e. The average Bonchev–Trinajstić information content (AvgIpc) is 2.90. The summed E-state index contributed by atoms with van der Waals surface area (Å²) in [5.41, 5.74) is -0.200. The molecule has 1 unspecified atom stereocenters. The number of nitrogens with one attached hydrogen (secondary N) is 1. The van der Waals surface area contributed by atoms with Crippen LogP contribution in [0, 0.1) is 0 Å². The number of carbonyl (C=O) groups excluding carboxylic acids is 1. The monoisotopic (exact) mass is 340 g/mol. The summed E-state index contributed by atoms with van der Waals surface area (Å²) in [6.45, 7) is 7.35. The molecule has 0 aromatic carbocycles. The molecule has 1 aliphatic carbocycles. The third-order valence-electron chi connectivity index (χ3n) is 4.44. The van der Waals surface area contributed by atoms with Crippen LogP contribution < -0.4 is 5.69 Å². The number of rotatable bonds is 7. The Labute approximate surface area is 142 Å². The Morgan fingerprint density at radius 1 is 1.39 bits per heavy atom. The van der Waals surface area contributed by atoms with Crippen molar-refractivity contribution in [1.82, 2.24) is 19.7 Å². The van der Waals surface area contributed by atoms with Gasteiger partial charge in [-0.25, -0.2) is 9.89 Å². The van der Waals surface area contributed by atoms with E-state index in [1.807, 2.05) is 25.7 Å². The first kappa shape index (κ1) is 18.1. The van der Waals surface area contributed by atoms with Gasteiger partial charge in [-0.3, -0.25) is 9.36 Å². The number of aromatic nitrogens is 3. The van der Waals surface area contributed by atoms with E-state index in [-0.39, 0.29) is 16.8 Å². The van der Waals surface area contributed by atoms with Crippen molar-refractivity contribution < 1.29 is 4.79 Å². The molecule has 1 atom stereocenters. The fourth-order valence-electron chi connectivity index (χ4n) is 3.24. The van der Waals surface area contributed by atoms with Crippen molar-refractivity contribution in [3.63, 3.8) is 0 Å². The lowest BCUT2D eigenvalue weighted by Gasteiger charge is -2.35. The van der Waals surface area contributed by atoms with Gasteiger partial charge in [0.25, 0.3) is 0 Å².